The van der Waals surface area contributed by atoms with Gasteiger partial charge < -0.3 is 14.4 Å². The molecular formula is C19H23NO4. The van der Waals surface area contributed by atoms with Crippen molar-refractivity contribution in [2.75, 3.05) is 20.2 Å². The Kier molecular flexibility index (Phi) is 4.11. The zero-order chi connectivity index (χ0) is 17.5. The van der Waals surface area contributed by atoms with E-state index in [4.69, 9.17) is 9.47 Å². The number of benzene rings is 1. The molecule has 1 aliphatic carbocycles. The number of rotatable bonds is 3. The van der Waals surface area contributed by atoms with E-state index in [2.05, 4.69) is 26.0 Å². The Morgan fingerprint density at radius 3 is 2.79 bits per heavy atom. The average molecular weight is 329 g/mol. The van der Waals surface area contributed by atoms with E-state index in [0.717, 1.165) is 11.1 Å². The Morgan fingerprint density at radius 1 is 1.38 bits per heavy atom. The van der Waals surface area contributed by atoms with Crippen molar-refractivity contribution in [1.82, 2.24) is 4.90 Å². The molecule has 24 heavy (non-hydrogen) atoms. The second kappa shape index (κ2) is 5.96. The van der Waals surface area contributed by atoms with Crippen molar-refractivity contribution in [3.8, 4) is 0 Å². The van der Waals surface area contributed by atoms with Gasteiger partial charge >= 0.3 is 12.1 Å². The standard InChI is InChI=1S/C19H23NO4/c1-5-23-17(21)14-11-20(4)18(22)24-16(14)13-10-19(2,3)15-9-7-6-8-12(13)15/h6-10,14,16H,5,11H2,1-4H3/t14-,16+/m0/s1. The van der Waals surface area contributed by atoms with Gasteiger partial charge in [-0.15, -0.1) is 0 Å². The maximum Gasteiger partial charge on any atom is 0.410 e. The van der Waals surface area contributed by atoms with Gasteiger partial charge in [0.25, 0.3) is 0 Å². The number of hydrogen-bond acceptors (Lipinski definition) is 4. The number of carbonyl (C=O) groups excluding carboxylic acids is 2. The molecule has 1 aromatic carbocycles. The molecule has 0 unspecified atom stereocenters. The number of nitrogens with zero attached hydrogens (tertiary/aromatic N) is 1. The Balaban J connectivity index is 2.02. The molecule has 5 heteroatoms. The fourth-order valence-electron chi connectivity index (χ4n) is 3.55. The van der Waals surface area contributed by atoms with Crippen LogP contribution < -0.4 is 0 Å². The lowest BCUT2D eigenvalue weighted by Crippen LogP contribution is -2.50. The van der Waals surface area contributed by atoms with Gasteiger partial charge in [0, 0.05) is 19.0 Å². The van der Waals surface area contributed by atoms with Crippen LogP contribution in [0.5, 0.6) is 0 Å². The molecule has 0 bridgehead atoms. The van der Waals surface area contributed by atoms with E-state index in [1.807, 2.05) is 18.2 Å². The quantitative estimate of drug-likeness (QED) is 0.800. The lowest BCUT2D eigenvalue weighted by atomic mass is 9.87. The first-order valence-corrected chi connectivity index (χ1v) is 8.26. The van der Waals surface area contributed by atoms with Gasteiger partial charge in [0.15, 0.2) is 0 Å². The van der Waals surface area contributed by atoms with Crippen LogP contribution in [0.15, 0.2) is 30.3 Å². The molecule has 0 radical (unpaired) electrons. The van der Waals surface area contributed by atoms with Crippen molar-refractivity contribution in [3.63, 3.8) is 0 Å². The van der Waals surface area contributed by atoms with Gasteiger partial charge in [-0.3, -0.25) is 4.79 Å². The zero-order valence-electron chi connectivity index (χ0n) is 14.5. The van der Waals surface area contributed by atoms with Crippen LogP contribution in [-0.4, -0.2) is 43.3 Å². The van der Waals surface area contributed by atoms with Crippen LogP contribution in [0, 0.1) is 5.92 Å². The van der Waals surface area contributed by atoms with E-state index < -0.39 is 18.1 Å². The zero-order valence-corrected chi connectivity index (χ0v) is 14.5. The highest BCUT2D eigenvalue weighted by Gasteiger charge is 2.45. The van der Waals surface area contributed by atoms with E-state index in [9.17, 15) is 9.59 Å². The first kappa shape index (κ1) is 16.6. The molecule has 1 aliphatic heterocycles. The van der Waals surface area contributed by atoms with Crippen LogP contribution in [0.2, 0.25) is 0 Å². The third-order valence-corrected chi connectivity index (χ3v) is 4.72. The average Bonchev–Trinajstić information content (AvgIpc) is 2.82. The number of esters is 1. The molecule has 3 rings (SSSR count). The van der Waals surface area contributed by atoms with E-state index in [1.54, 1.807) is 14.0 Å². The molecule has 0 saturated carbocycles. The second-order valence-electron chi connectivity index (χ2n) is 6.91. The molecule has 128 valence electrons. The van der Waals surface area contributed by atoms with E-state index in [0.29, 0.717) is 13.2 Å². The van der Waals surface area contributed by atoms with E-state index >= 15 is 0 Å². The third kappa shape index (κ3) is 2.68. The molecule has 2 aliphatic rings. The first-order chi connectivity index (χ1) is 11.3. The van der Waals surface area contributed by atoms with Crippen LogP contribution in [0.3, 0.4) is 0 Å². The van der Waals surface area contributed by atoms with Gasteiger partial charge in [0.05, 0.1) is 6.61 Å². The summed E-state index contributed by atoms with van der Waals surface area (Å²) in [6, 6.07) is 8.06. The summed E-state index contributed by atoms with van der Waals surface area (Å²) in [4.78, 5) is 25.9. The SMILES string of the molecule is CCOC(=O)[C@H]1CN(C)C(=O)O[C@@H]1C1=CC(C)(C)c2ccccc21. The summed E-state index contributed by atoms with van der Waals surface area (Å²) in [7, 11) is 1.63. The summed E-state index contributed by atoms with van der Waals surface area (Å²) in [5.41, 5.74) is 2.95. The van der Waals surface area contributed by atoms with Crippen molar-refractivity contribution in [2.24, 2.45) is 5.92 Å². The molecule has 1 aromatic rings. The van der Waals surface area contributed by atoms with Crippen molar-refractivity contribution >= 4 is 17.6 Å². The van der Waals surface area contributed by atoms with Crippen molar-refractivity contribution in [1.29, 1.82) is 0 Å². The molecule has 1 fully saturated rings. The first-order valence-electron chi connectivity index (χ1n) is 8.26. The van der Waals surface area contributed by atoms with Gasteiger partial charge in [-0.1, -0.05) is 44.2 Å². The summed E-state index contributed by atoms with van der Waals surface area (Å²) in [6.45, 7) is 6.62. The molecule has 0 aromatic heterocycles. The molecule has 0 N–H and O–H groups in total. The number of hydrogen-bond donors (Lipinski definition) is 0. The predicted octanol–water partition coefficient (Wildman–Crippen LogP) is 2.99. The normalized spacial score (nSPS) is 24.9. The van der Waals surface area contributed by atoms with Gasteiger partial charge in [0.2, 0.25) is 0 Å². The van der Waals surface area contributed by atoms with Gasteiger partial charge in [0.1, 0.15) is 12.0 Å². The summed E-state index contributed by atoms with van der Waals surface area (Å²) in [6.07, 6.45) is 1.08. The van der Waals surface area contributed by atoms with Crippen LogP contribution in [0.25, 0.3) is 5.57 Å². The number of amides is 1. The van der Waals surface area contributed by atoms with Crippen LogP contribution in [0.1, 0.15) is 31.9 Å². The van der Waals surface area contributed by atoms with E-state index in [-0.39, 0.29) is 11.4 Å². The van der Waals surface area contributed by atoms with Crippen molar-refractivity contribution in [3.05, 3.63) is 41.5 Å². The Morgan fingerprint density at radius 2 is 2.08 bits per heavy atom. The second-order valence-corrected chi connectivity index (χ2v) is 6.91. The Labute approximate surface area is 142 Å². The highest BCUT2D eigenvalue weighted by atomic mass is 16.6. The predicted molar refractivity (Wildman–Crippen MR) is 90.5 cm³/mol. The van der Waals surface area contributed by atoms with Crippen LogP contribution in [-0.2, 0) is 19.7 Å². The highest BCUT2D eigenvalue weighted by Crippen LogP contribution is 2.44. The monoisotopic (exact) mass is 329 g/mol. The summed E-state index contributed by atoms with van der Waals surface area (Å²) in [5.74, 6) is -0.856. The van der Waals surface area contributed by atoms with Gasteiger partial charge in [-0.2, -0.15) is 0 Å². The minimum Gasteiger partial charge on any atom is -0.466 e. The fourth-order valence-corrected chi connectivity index (χ4v) is 3.55. The van der Waals surface area contributed by atoms with Gasteiger partial charge in [-0.25, -0.2) is 4.79 Å². The lowest BCUT2D eigenvalue weighted by molar-refractivity contribution is -0.153. The molecule has 1 heterocycles. The number of cyclic esters (lactones) is 1. The minimum atomic E-state index is -0.615. The van der Waals surface area contributed by atoms with Crippen LogP contribution in [0.4, 0.5) is 4.79 Å². The molecule has 5 nitrogen and oxygen atoms in total. The number of fused-ring (bicyclic) bond motifs is 1. The third-order valence-electron chi connectivity index (χ3n) is 4.72. The van der Waals surface area contributed by atoms with Gasteiger partial charge in [-0.05, 0) is 23.6 Å². The van der Waals surface area contributed by atoms with Crippen molar-refractivity contribution in [2.45, 2.75) is 32.3 Å². The summed E-state index contributed by atoms with van der Waals surface area (Å²) in [5, 5.41) is 0. The number of carbonyl (C=O) groups is 2. The smallest absolute Gasteiger partial charge is 0.410 e. The summed E-state index contributed by atoms with van der Waals surface area (Å²) < 4.78 is 10.8. The Hall–Kier alpha value is -2.30. The van der Waals surface area contributed by atoms with Crippen LogP contribution >= 0.6 is 0 Å². The molecule has 0 spiro atoms. The Bertz CT molecular complexity index is 707. The lowest BCUT2D eigenvalue weighted by Gasteiger charge is -2.35. The molecule has 2 atom stereocenters. The molecule has 1 saturated heterocycles. The van der Waals surface area contributed by atoms with E-state index in [1.165, 1.54) is 10.5 Å². The minimum absolute atomic E-state index is 0.166. The molecule has 1 amide bonds. The fraction of sp³-hybridized carbons (Fsp3) is 0.474. The maximum atomic E-state index is 12.4. The molecular weight excluding hydrogens is 306 g/mol. The summed E-state index contributed by atoms with van der Waals surface area (Å²) >= 11 is 0. The topological polar surface area (TPSA) is 55.8 Å². The number of ether oxygens (including phenoxy) is 2. The van der Waals surface area contributed by atoms with Crippen molar-refractivity contribution < 1.29 is 19.1 Å². The highest BCUT2D eigenvalue weighted by molar-refractivity contribution is 5.87. The maximum absolute atomic E-state index is 12.4. The number of allylic oxidation sites excluding steroid dienone is 1. The largest absolute Gasteiger partial charge is 0.466 e.